The fourth-order valence-electron chi connectivity index (χ4n) is 2.69. The van der Waals surface area contributed by atoms with Gasteiger partial charge in [-0.3, -0.25) is 14.4 Å². The Balaban J connectivity index is 2.17. The lowest BCUT2D eigenvalue weighted by Gasteiger charge is -2.15. The summed E-state index contributed by atoms with van der Waals surface area (Å²) in [4.78, 5) is 35.8. The summed E-state index contributed by atoms with van der Waals surface area (Å²) in [5.74, 6) is -2.55. The van der Waals surface area contributed by atoms with Crippen molar-refractivity contribution in [3.05, 3.63) is 59.7 Å². The lowest BCUT2D eigenvalue weighted by molar-refractivity contribution is -0.121. The van der Waals surface area contributed by atoms with E-state index in [0.717, 1.165) is 6.07 Å². The van der Waals surface area contributed by atoms with Gasteiger partial charge in [0.25, 0.3) is 15.0 Å². The molecule has 1 amide bonds. The van der Waals surface area contributed by atoms with Crippen LogP contribution in [-0.4, -0.2) is 30.7 Å². The van der Waals surface area contributed by atoms with Gasteiger partial charge < -0.3 is 5.32 Å². The van der Waals surface area contributed by atoms with Crippen molar-refractivity contribution in [1.29, 1.82) is 0 Å². The van der Waals surface area contributed by atoms with E-state index in [9.17, 15) is 22.8 Å². The van der Waals surface area contributed by atoms with Crippen LogP contribution in [0.1, 0.15) is 40.5 Å². The number of ketones is 2. The standard InChI is InChI=1S/C20H18Cl3NO5S/c1-2-4-16(25)17(19(21)22)18(26)12-7-9-14(10-8-12)24-20(27)13-5-3-6-15(11-13)30(23,28)29/h3,5-11,17,19H,2,4H2,1H3,(H,24,27). The Kier molecular flexibility index (Phi) is 8.43. The number of alkyl halides is 2. The van der Waals surface area contributed by atoms with Gasteiger partial charge in [-0.05, 0) is 48.9 Å². The molecule has 2 rings (SSSR count). The summed E-state index contributed by atoms with van der Waals surface area (Å²) in [6.07, 6.45) is 0.762. The molecule has 0 aliphatic carbocycles. The maximum atomic E-state index is 12.6. The lowest BCUT2D eigenvalue weighted by atomic mass is 9.93. The number of hydrogen-bond acceptors (Lipinski definition) is 5. The van der Waals surface area contributed by atoms with Gasteiger partial charge in [-0.1, -0.05) is 13.0 Å². The summed E-state index contributed by atoms with van der Waals surface area (Å²) in [6, 6.07) is 11.1. The number of carbonyl (C=O) groups excluding carboxylic acids is 3. The highest BCUT2D eigenvalue weighted by Gasteiger charge is 2.32. The molecule has 1 atom stereocenters. The van der Waals surface area contributed by atoms with Crippen molar-refractivity contribution in [2.45, 2.75) is 29.5 Å². The number of rotatable bonds is 9. The molecule has 0 aliphatic rings. The fourth-order valence-corrected chi connectivity index (χ4v) is 4.00. The number of carbonyl (C=O) groups is 3. The molecule has 0 spiro atoms. The van der Waals surface area contributed by atoms with Crippen LogP contribution in [0.15, 0.2) is 53.4 Å². The van der Waals surface area contributed by atoms with E-state index in [4.69, 9.17) is 33.9 Å². The minimum Gasteiger partial charge on any atom is -0.322 e. The highest BCUT2D eigenvalue weighted by Crippen LogP contribution is 2.24. The summed E-state index contributed by atoms with van der Waals surface area (Å²) >= 11 is 11.7. The van der Waals surface area contributed by atoms with Crippen LogP contribution in [0, 0.1) is 5.92 Å². The van der Waals surface area contributed by atoms with Crippen LogP contribution >= 0.6 is 33.9 Å². The second-order valence-corrected chi connectivity index (χ2v) is 10.1. The molecule has 0 heterocycles. The van der Waals surface area contributed by atoms with E-state index in [-0.39, 0.29) is 28.2 Å². The van der Waals surface area contributed by atoms with Crippen LogP contribution < -0.4 is 5.32 Å². The van der Waals surface area contributed by atoms with Crippen molar-refractivity contribution in [3.63, 3.8) is 0 Å². The molecule has 1 N–H and O–H groups in total. The molecule has 30 heavy (non-hydrogen) atoms. The molecule has 0 saturated heterocycles. The predicted octanol–water partition coefficient (Wildman–Crippen LogP) is 4.84. The first kappa shape index (κ1) is 24.3. The Morgan fingerprint density at radius 2 is 1.63 bits per heavy atom. The molecule has 10 heteroatoms. The molecule has 160 valence electrons. The topological polar surface area (TPSA) is 97.4 Å². The third-order valence-electron chi connectivity index (χ3n) is 4.18. The lowest BCUT2D eigenvalue weighted by Crippen LogP contribution is -2.29. The quantitative estimate of drug-likeness (QED) is 0.235. The van der Waals surface area contributed by atoms with Gasteiger partial charge in [-0.2, -0.15) is 0 Å². The summed E-state index contributed by atoms with van der Waals surface area (Å²) in [7, 11) is 1.33. The van der Waals surface area contributed by atoms with Gasteiger partial charge in [0.1, 0.15) is 16.5 Å². The summed E-state index contributed by atoms with van der Waals surface area (Å²) in [5, 5.41) is 2.59. The molecule has 0 radical (unpaired) electrons. The van der Waals surface area contributed by atoms with Crippen LogP contribution in [-0.2, 0) is 13.8 Å². The van der Waals surface area contributed by atoms with Crippen LogP contribution in [0.25, 0.3) is 0 Å². The van der Waals surface area contributed by atoms with E-state index in [1.165, 1.54) is 42.5 Å². The third-order valence-corrected chi connectivity index (χ3v) is 6.04. The van der Waals surface area contributed by atoms with Crippen molar-refractivity contribution in [2.75, 3.05) is 5.32 Å². The van der Waals surface area contributed by atoms with Crippen molar-refractivity contribution < 1.29 is 22.8 Å². The first-order chi connectivity index (χ1) is 14.0. The molecular weight excluding hydrogens is 473 g/mol. The second kappa shape index (κ2) is 10.4. The first-order valence-electron chi connectivity index (χ1n) is 8.85. The van der Waals surface area contributed by atoms with Gasteiger partial charge in [0, 0.05) is 33.9 Å². The fraction of sp³-hybridized carbons (Fsp3) is 0.250. The van der Waals surface area contributed by atoms with Crippen molar-refractivity contribution >= 4 is 66.1 Å². The zero-order chi connectivity index (χ0) is 22.5. The minimum absolute atomic E-state index is 0.0919. The van der Waals surface area contributed by atoms with Crippen molar-refractivity contribution in [3.8, 4) is 0 Å². The first-order valence-corrected chi connectivity index (χ1v) is 12.0. The predicted molar refractivity (Wildman–Crippen MR) is 117 cm³/mol. The average Bonchev–Trinajstić information content (AvgIpc) is 2.68. The monoisotopic (exact) mass is 489 g/mol. The molecule has 0 fully saturated rings. The highest BCUT2D eigenvalue weighted by molar-refractivity contribution is 8.13. The largest absolute Gasteiger partial charge is 0.322 e. The molecule has 6 nitrogen and oxygen atoms in total. The normalized spacial score (nSPS) is 12.4. The third kappa shape index (κ3) is 6.28. The van der Waals surface area contributed by atoms with E-state index in [2.05, 4.69) is 5.32 Å². The zero-order valence-corrected chi connectivity index (χ0v) is 18.9. The Morgan fingerprint density at radius 3 is 2.17 bits per heavy atom. The van der Waals surface area contributed by atoms with E-state index in [0.29, 0.717) is 12.1 Å². The molecule has 1 unspecified atom stereocenters. The number of halogens is 3. The smallest absolute Gasteiger partial charge is 0.261 e. The number of Topliss-reactive ketones (excluding diaryl/α,β-unsaturated/α-hetero) is 2. The van der Waals surface area contributed by atoms with Crippen LogP contribution in [0.3, 0.4) is 0 Å². The van der Waals surface area contributed by atoms with E-state index < -0.39 is 31.5 Å². The number of benzene rings is 2. The summed E-state index contributed by atoms with van der Waals surface area (Å²) < 4.78 is 22.8. The Bertz CT molecular complexity index is 1050. The molecule has 0 bridgehead atoms. The number of nitrogens with one attached hydrogen (secondary N) is 1. The number of amides is 1. The van der Waals surface area contributed by atoms with Gasteiger partial charge in [0.15, 0.2) is 5.78 Å². The molecule has 2 aromatic carbocycles. The van der Waals surface area contributed by atoms with Crippen LogP contribution in [0.5, 0.6) is 0 Å². The SMILES string of the molecule is CCCC(=O)C(C(=O)c1ccc(NC(=O)c2cccc(S(=O)(=O)Cl)c2)cc1)C(Cl)Cl. The molecule has 0 aliphatic heterocycles. The van der Waals surface area contributed by atoms with Gasteiger partial charge in [-0.25, -0.2) is 8.42 Å². The molecular formula is C20H18Cl3NO5S. The average molecular weight is 491 g/mol. The van der Waals surface area contributed by atoms with Crippen LogP contribution in [0.2, 0.25) is 0 Å². The number of anilines is 1. The van der Waals surface area contributed by atoms with E-state index in [1.807, 2.05) is 6.92 Å². The van der Waals surface area contributed by atoms with E-state index >= 15 is 0 Å². The molecule has 0 saturated carbocycles. The van der Waals surface area contributed by atoms with Crippen molar-refractivity contribution in [2.24, 2.45) is 5.92 Å². The second-order valence-electron chi connectivity index (χ2n) is 6.39. The molecule has 0 aromatic heterocycles. The van der Waals surface area contributed by atoms with Crippen LogP contribution in [0.4, 0.5) is 5.69 Å². The number of hydrogen-bond donors (Lipinski definition) is 1. The summed E-state index contributed by atoms with van der Waals surface area (Å²) in [5.41, 5.74) is 0.679. The molecule has 2 aromatic rings. The Labute approximate surface area is 188 Å². The van der Waals surface area contributed by atoms with Gasteiger partial charge >= 0.3 is 0 Å². The van der Waals surface area contributed by atoms with Crippen molar-refractivity contribution in [1.82, 2.24) is 0 Å². The zero-order valence-electron chi connectivity index (χ0n) is 15.8. The van der Waals surface area contributed by atoms with Gasteiger partial charge in [0.2, 0.25) is 0 Å². The van der Waals surface area contributed by atoms with Gasteiger partial charge in [-0.15, -0.1) is 23.2 Å². The highest BCUT2D eigenvalue weighted by atomic mass is 35.7. The van der Waals surface area contributed by atoms with Gasteiger partial charge in [0.05, 0.1) is 4.90 Å². The maximum absolute atomic E-state index is 12.6. The van der Waals surface area contributed by atoms with E-state index in [1.54, 1.807) is 0 Å². The minimum atomic E-state index is -3.97. The maximum Gasteiger partial charge on any atom is 0.261 e. The Hall–Kier alpha value is -1.93. The summed E-state index contributed by atoms with van der Waals surface area (Å²) in [6.45, 7) is 1.81. The Morgan fingerprint density at radius 1 is 1.00 bits per heavy atom.